The Kier molecular flexibility index (Phi) is 7.10. The first-order chi connectivity index (χ1) is 9.06. The van der Waals surface area contributed by atoms with Crippen molar-refractivity contribution in [2.75, 3.05) is 6.54 Å². The van der Waals surface area contributed by atoms with Gasteiger partial charge in [-0.25, -0.2) is 0 Å². The zero-order valence-electron chi connectivity index (χ0n) is 11.1. The highest BCUT2D eigenvalue weighted by atomic mass is 35.5. The number of halogens is 3. The highest BCUT2D eigenvalue weighted by molar-refractivity contribution is 6.35. The van der Waals surface area contributed by atoms with Gasteiger partial charge in [-0.3, -0.25) is 4.79 Å². The molecule has 1 amide bonds. The molecule has 20 heavy (non-hydrogen) atoms. The summed E-state index contributed by atoms with van der Waals surface area (Å²) in [6.45, 7) is 0.589. The van der Waals surface area contributed by atoms with Gasteiger partial charge in [0.25, 0.3) is 0 Å². The third-order valence-corrected chi connectivity index (χ3v) is 4.14. The van der Waals surface area contributed by atoms with Gasteiger partial charge >= 0.3 is 0 Å². The molecule has 0 aliphatic heterocycles. The summed E-state index contributed by atoms with van der Waals surface area (Å²) in [6, 6.07) is 5.60. The second-order valence-electron chi connectivity index (χ2n) is 5.05. The van der Waals surface area contributed by atoms with Crippen LogP contribution in [0.4, 0.5) is 0 Å². The van der Waals surface area contributed by atoms with Crippen molar-refractivity contribution >= 4 is 41.5 Å². The highest BCUT2D eigenvalue weighted by Crippen LogP contribution is 2.24. The van der Waals surface area contributed by atoms with E-state index in [1.165, 1.54) is 0 Å². The van der Waals surface area contributed by atoms with E-state index < -0.39 is 0 Å². The van der Waals surface area contributed by atoms with Crippen LogP contribution >= 0.6 is 35.6 Å². The number of hydrogen-bond donors (Lipinski definition) is 2. The van der Waals surface area contributed by atoms with Crippen LogP contribution in [0.1, 0.15) is 24.8 Å². The van der Waals surface area contributed by atoms with Crippen LogP contribution in [-0.2, 0) is 11.2 Å². The number of hydrogen-bond acceptors (Lipinski definition) is 2. The first-order valence-electron chi connectivity index (χ1n) is 6.53. The molecule has 1 saturated carbocycles. The van der Waals surface area contributed by atoms with Crippen molar-refractivity contribution in [3.63, 3.8) is 0 Å². The molecule has 0 bridgehead atoms. The molecule has 1 fully saturated rings. The Labute approximate surface area is 135 Å². The van der Waals surface area contributed by atoms with Crippen LogP contribution in [0.5, 0.6) is 0 Å². The van der Waals surface area contributed by atoms with Gasteiger partial charge in [-0.15, -0.1) is 12.4 Å². The molecular weight excluding hydrogens is 319 g/mol. The Morgan fingerprint density at radius 1 is 1.35 bits per heavy atom. The van der Waals surface area contributed by atoms with Gasteiger partial charge in [0.15, 0.2) is 0 Å². The predicted octanol–water partition coefficient (Wildman–Crippen LogP) is 3.20. The zero-order valence-corrected chi connectivity index (χ0v) is 13.4. The fourth-order valence-corrected chi connectivity index (χ4v) is 2.95. The van der Waals surface area contributed by atoms with Gasteiger partial charge in [-0.05, 0) is 43.4 Å². The lowest BCUT2D eigenvalue weighted by molar-refractivity contribution is -0.124. The zero-order chi connectivity index (χ0) is 13.8. The molecule has 1 aromatic carbocycles. The Balaban J connectivity index is 0.00000200. The molecule has 2 unspecified atom stereocenters. The predicted molar refractivity (Wildman–Crippen MR) is 85.7 cm³/mol. The second kappa shape index (κ2) is 8.08. The average molecular weight is 338 g/mol. The first kappa shape index (κ1) is 17.6. The van der Waals surface area contributed by atoms with E-state index in [0.29, 0.717) is 23.0 Å². The van der Waals surface area contributed by atoms with Gasteiger partial charge < -0.3 is 11.1 Å². The van der Waals surface area contributed by atoms with Gasteiger partial charge in [-0.2, -0.15) is 0 Å². The Bertz CT molecular complexity index is 468. The van der Waals surface area contributed by atoms with Crippen molar-refractivity contribution in [2.24, 2.45) is 11.7 Å². The monoisotopic (exact) mass is 336 g/mol. The number of amides is 1. The maximum Gasteiger partial charge on any atom is 0.223 e. The van der Waals surface area contributed by atoms with Gasteiger partial charge in [0, 0.05) is 28.5 Å². The largest absolute Gasteiger partial charge is 0.356 e. The van der Waals surface area contributed by atoms with Crippen molar-refractivity contribution in [3.8, 4) is 0 Å². The van der Waals surface area contributed by atoms with E-state index >= 15 is 0 Å². The molecule has 0 spiro atoms. The van der Waals surface area contributed by atoms with E-state index in [2.05, 4.69) is 5.32 Å². The van der Waals surface area contributed by atoms with Crippen molar-refractivity contribution in [1.82, 2.24) is 5.32 Å². The molecule has 2 rings (SSSR count). The normalized spacial score (nSPS) is 21.4. The van der Waals surface area contributed by atoms with Crippen molar-refractivity contribution in [3.05, 3.63) is 33.8 Å². The van der Waals surface area contributed by atoms with Gasteiger partial charge in [0.05, 0.1) is 0 Å². The molecule has 0 aromatic heterocycles. The third kappa shape index (κ3) is 4.81. The fourth-order valence-electron chi connectivity index (χ4n) is 2.44. The van der Waals surface area contributed by atoms with Crippen LogP contribution in [0, 0.1) is 5.92 Å². The average Bonchev–Trinajstić information content (AvgIpc) is 2.78. The van der Waals surface area contributed by atoms with E-state index in [1.54, 1.807) is 12.1 Å². The molecule has 1 aliphatic rings. The summed E-state index contributed by atoms with van der Waals surface area (Å²) >= 11 is 11.9. The molecule has 3 nitrogen and oxygen atoms in total. The van der Waals surface area contributed by atoms with Crippen molar-refractivity contribution in [1.29, 1.82) is 0 Å². The summed E-state index contributed by atoms with van der Waals surface area (Å²) in [5.74, 6) is 0.189. The molecule has 2 atom stereocenters. The minimum Gasteiger partial charge on any atom is -0.356 e. The summed E-state index contributed by atoms with van der Waals surface area (Å²) in [6.07, 6.45) is 3.35. The lowest BCUT2D eigenvalue weighted by atomic mass is 10.1. The van der Waals surface area contributed by atoms with Crippen LogP contribution in [0.25, 0.3) is 0 Å². The van der Waals surface area contributed by atoms with E-state index in [0.717, 1.165) is 24.8 Å². The third-order valence-electron chi connectivity index (χ3n) is 3.55. The van der Waals surface area contributed by atoms with E-state index in [9.17, 15) is 4.79 Å². The molecule has 0 radical (unpaired) electrons. The number of nitrogens with two attached hydrogens (primary N) is 1. The molecular formula is C14H19Cl3N2O. The molecule has 0 heterocycles. The van der Waals surface area contributed by atoms with E-state index in [4.69, 9.17) is 28.9 Å². The summed E-state index contributed by atoms with van der Waals surface area (Å²) in [5.41, 5.74) is 6.80. The van der Waals surface area contributed by atoms with E-state index in [1.807, 2.05) is 6.07 Å². The van der Waals surface area contributed by atoms with Gasteiger partial charge in [0.1, 0.15) is 0 Å². The topological polar surface area (TPSA) is 55.1 Å². The molecule has 0 saturated heterocycles. The van der Waals surface area contributed by atoms with Crippen LogP contribution < -0.4 is 11.1 Å². The van der Waals surface area contributed by atoms with Crippen LogP contribution in [0.3, 0.4) is 0 Å². The summed E-state index contributed by atoms with van der Waals surface area (Å²) < 4.78 is 0. The number of benzene rings is 1. The Morgan fingerprint density at radius 3 is 2.70 bits per heavy atom. The van der Waals surface area contributed by atoms with E-state index in [-0.39, 0.29) is 30.3 Å². The standard InChI is InChI=1S/C14H18Cl2N2O.ClH/c15-11-3-1-9(13(16)8-11)5-6-18-14(19)10-2-4-12(17)7-10;/h1,3,8,10,12H,2,4-7,17H2,(H,18,19);1H. The fraction of sp³-hybridized carbons (Fsp3) is 0.500. The summed E-state index contributed by atoms with van der Waals surface area (Å²) in [4.78, 5) is 11.9. The highest BCUT2D eigenvalue weighted by Gasteiger charge is 2.27. The van der Waals surface area contributed by atoms with Crippen molar-refractivity contribution < 1.29 is 4.79 Å². The lowest BCUT2D eigenvalue weighted by Gasteiger charge is -2.11. The van der Waals surface area contributed by atoms with Crippen LogP contribution in [0.2, 0.25) is 10.0 Å². The second-order valence-corrected chi connectivity index (χ2v) is 5.89. The molecule has 6 heteroatoms. The van der Waals surface area contributed by atoms with Crippen molar-refractivity contribution in [2.45, 2.75) is 31.7 Å². The first-order valence-corrected chi connectivity index (χ1v) is 7.29. The number of carbonyl (C=O) groups excluding carboxylic acids is 1. The smallest absolute Gasteiger partial charge is 0.223 e. The maximum absolute atomic E-state index is 11.9. The minimum absolute atomic E-state index is 0. The molecule has 1 aromatic rings. The SMILES string of the molecule is Cl.NC1CCC(C(=O)NCCc2ccc(Cl)cc2Cl)C1. The molecule has 3 N–H and O–H groups in total. The van der Waals surface area contributed by atoms with Gasteiger partial charge in [-0.1, -0.05) is 29.3 Å². The van der Waals surface area contributed by atoms with Gasteiger partial charge in [0.2, 0.25) is 5.91 Å². The lowest BCUT2D eigenvalue weighted by Crippen LogP contribution is -2.31. The quantitative estimate of drug-likeness (QED) is 0.886. The number of nitrogens with one attached hydrogen (secondary N) is 1. The number of carbonyl (C=O) groups is 1. The summed E-state index contributed by atoms with van der Waals surface area (Å²) in [5, 5.41) is 4.22. The van der Waals surface area contributed by atoms with Crippen LogP contribution in [-0.4, -0.2) is 18.5 Å². The molecule has 1 aliphatic carbocycles. The molecule has 112 valence electrons. The minimum atomic E-state index is 0. The van der Waals surface area contributed by atoms with Crippen LogP contribution in [0.15, 0.2) is 18.2 Å². The maximum atomic E-state index is 11.9. The Hall–Kier alpha value is -0.480. The summed E-state index contributed by atoms with van der Waals surface area (Å²) in [7, 11) is 0. The Morgan fingerprint density at radius 2 is 2.10 bits per heavy atom. The number of rotatable bonds is 4.